The van der Waals surface area contributed by atoms with E-state index in [0.29, 0.717) is 11.8 Å². The first-order valence-corrected chi connectivity index (χ1v) is 7.52. The highest BCUT2D eigenvalue weighted by atomic mass is 32.2. The lowest BCUT2D eigenvalue weighted by Crippen LogP contribution is -2.20. The molecule has 1 aromatic heterocycles. The molecular weight excluding hydrogens is 218 g/mol. The van der Waals surface area contributed by atoms with Crippen LogP contribution in [0.5, 0.6) is 0 Å². The molecule has 1 aromatic rings. The van der Waals surface area contributed by atoms with Gasteiger partial charge < -0.3 is 4.57 Å². The van der Waals surface area contributed by atoms with E-state index in [4.69, 9.17) is 0 Å². The van der Waals surface area contributed by atoms with E-state index >= 15 is 0 Å². The van der Waals surface area contributed by atoms with Crippen LogP contribution < -0.4 is 0 Å². The average Bonchev–Trinajstić information content (AvgIpc) is 2.75. The molecule has 0 N–H and O–H groups in total. The Morgan fingerprint density at radius 1 is 1.19 bits per heavy atom. The molecule has 0 aromatic carbocycles. The van der Waals surface area contributed by atoms with Gasteiger partial charge in [0.1, 0.15) is 11.6 Å². The summed E-state index contributed by atoms with van der Waals surface area (Å²) in [6.45, 7) is 3.42. The largest absolute Gasteiger partial charge is 0.315 e. The van der Waals surface area contributed by atoms with Gasteiger partial charge in [-0.05, 0) is 31.4 Å². The number of thioether (sulfide) groups is 1. The van der Waals surface area contributed by atoms with E-state index < -0.39 is 0 Å². The molecule has 4 heteroatoms. The Kier molecular flexibility index (Phi) is 2.92. The SMILES string of the molecule is CC1CCCn2c1nnc2C1CCCSC1. The summed E-state index contributed by atoms with van der Waals surface area (Å²) >= 11 is 2.07. The summed E-state index contributed by atoms with van der Waals surface area (Å²) in [7, 11) is 0. The molecule has 3 rings (SSSR count). The Balaban J connectivity index is 1.89. The predicted molar refractivity (Wildman–Crippen MR) is 67.0 cm³/mol. The molecule has 2 aliphatic heterocycles. The maximum absolute atomic E-state index is 4.47. The zero-order valence-corrected chi connectivity index (χ0v) is 10.7. The van der Waals surface area contributed by atoms with Gasteiger partial charge >= 0.3 is 0 Å². The first-order chi connectivity index (χ1) is 7.86. The van der Waals surface area contributed by atoms with Crippen LogP contribution in [0.4, 0.5) is 0 Å². The van der Waals surface area contributed by atoms with Crippen molar-refractivity contribution in [1.82, 2.24) is 14.8 Å². The van der Waals surface area contributed by atoms with Crippen molar-refractivity contribution in [2.45, 2.75) is 51.0 Å². The van der Waals surface area contributed by atoms with Crippen LogP contribution in [0.15, 0.2) is 0 Å². The molecule has 3 nitrogen and oxygen atoms in total. The van der Waals surface area contributed by atoms with Gasteiger partial charge in [0.05, 0.1) is 0 Å². The van der Waals surface area contributed by atoms with Crippen molar-refractivity contribution in [3.63, 3.8) is 0 Å². The number of fused-ring (bicyclic) bond motifs is 1. The molecule has 0 spiro atoms. The predicted octanol–water partition coefficient (Wildman–Crippen LogP) is 2.79. The molecule has 0 aliphatic carbocycles. The normalized spacial score (nSPS) is 30.1. The zero-order valence-electron chi connectivity index (χ0n) is 9.85. The van der Waals surface area contributed by atoms with Crippen molar-refractivity contribution >= 4 is 11.8 Å². The van der Waals surface area contributed by atoms with Crippen molar-refractivity contribution < 1.29 is 0 Å². The summed E-state index contributed by atoms with van der Waals surface area (Å²) in [5.41, 5.74) is 0. The quantitative estimate of drug-likeness (QED) is 0.752. The Morgan fingerprint density at radius 3 is 2.88 bits per heavy atom. The molecule has 0 amide bonds. The summed E-state index contributed by atoms with van der Waals surface area (Å²) in [5, 5.41) is 8.89. The maximum atomic E-state index is 4.47. The highest BCUT2D eigenvalue weighted by Crippen LogP contribution is 2.33. The van der Waals surface area contributed by atoms with Gasteiger partial charge in [-0.3, -0.25) is 0 Å². The summed E-state index contributed by atoms with van der Waals surface area (Å²) in [6.07, 6.45) is 5.21. The molecular formula is C12H19N3S. The monoisotopic (exact) mass is 237 g/mol. The van der Waals surface area contributed by atoms with Crippen molar-refractivity contribution in [2.75, 3.05) is 11.5 Å². The highest BCUT2D eigenvalue weighted by molar-refractivity contribution is 7.99. The Morgan fingerprint density at radius 2 is 2.06 bits per heavy atom. The van der Waals surface area contributed by atoms with E-state index in [1.54, 1.807) is 0 Å². The van der Waals surface area contributed by atoms with E-state index in [0.717, 1.165) is 6.54 Å². The van der Waals surface area contributed by atoms with Crippen LogP contribution in [0.2, 0.25) is 0 Å². The second-order valence-corrected chi connectivity index (χ2v) is 6.18. The molecule has 0 radical (unpaired) electrons. The number of nitrogens with zero attached hydrogens (tertiary/aromatic N) is 3. The van der Waals surface area contributed by atoms with Crippen LogP contribution >= 0.6 is 11.8 Å². The van der Waals surface area contributed by atoms with Gasteiger partial charge in [0.2, 0.25) is 0 Å². The minimum Gasteiger partial charge on any atom is -0.315 e. The molecule has 0 bridgehead atoms. The van der Waals surface area contributed by atoms with E-state index in [1.165, 1.54) is 48.8 Å². The van der Waals surface area contributed by atoms with E-state index in [1.807, 2.05) is 0 Å². The second kappa shape index (κ2) is 4.40. The molecule has 2 aliphatic rings. The van der Waals surface area contributed by atoms with Gasteiger partial charge in [-0.15, -0.1) is 10.2 Å². The third kappa shape index (κ3) is 1.77. The van der Waals surface area contributed by atoms with Gasteiger partial charge in [-0.1, -0.05) is 6.92 Å². The molecule has 2 atom stereocenters. The summed E-state index contributed by atoms with van der Waals surface area (Å²) in [5.74, 6) is 6.34. The maximum Gasteiger partial charge on any atom is 0.136 e. The number of aromatic nitrogens is 3. The van der Waals surface area contributed by atoms with Crippen LogP contribution in [0, 0.1) is 0 Å². The molecule has 16 heavy (non-hydrogen) atoms. The summed E-state index contributed by atoms with van der Waals surface area (Å²) in [4.78, 5) is 0. The number of hydrogen-bond acceptors (Lipinski definition) is 3. The van der Waals surface area contributed by atoms with Crippen molar-refractivity contribution in [3.8, 4) is 0 Å². The van der Waals surface area contributed by atoms with Crippen LogP contribution in [0.1, 0.15) is 56.1 Å². The standard InChI is InChI=1S/C12H19N3S/c1-9-4-2-6-15-11(9)13-14-12(15)10-5-3-7-16-8-10/h9-10H,2-8H2,1H3. The molecule has 1 fully saturated rings. The second-order valence-electron chi connectivity index (χ2n) is 5.03. The van der Waals surface area contributed by atoms with Gasteiger partial charge in [-0.2, -0.15) is 11.8 Å². The van der Waals surface area contributed by atoms with Crippen LogP contribution in [-0.2, 0) is 6.54 Å². The minimum absolute atomic E-state index is 0.603. The van der Waals surface area contributed by atoms with Gasteiger partial charge in [0.25, 0.3) is 0 Å². The highest BCUT2D eigenvalue weighted by Gasteiger charge is 2.27. The van der Waals surface area contributed by atoms with E-state index in [9.17, 15) is 0 Å². The number of hydrogen-bond donors (Lipinski definition) is 0. The summed E-state index contributed by atoms with van der Waals surface area (Å²) < 4.78 is 2.41. The van der Waals surface area contributed by atoms with E-state index in [2.05, 4.69) is 33.5 Å². The topological polar surface area (TPSA) is 30.7 Å². The molecule has 3 heterocycles. The third-order valence-corrected chi connectivity index (χ3v) is 5.01. The van der Waals surface area contributed by atoms with Gasteiger partial charge in [0.15, 0.2) is 0 Å². The first-order valence-electron chi connectivity index (χ1n) is 6.37. The lowest BCUT2D eigenvalue weighted by Gasteiger charge is -2.25. The fourth-order valence-electron chi connectivity index (χ4n) is 2.85. The lowest BCUT2D eigenvalue weighted by atomic mass is 9.99. The van der Waals surface area contributed by atoms with Gasteiger partial charge in [0, 0.05) is 24.1 Å². The molecule has 2 unspecified atom stereocenters. The van der Waals surface area contributed by atoms with Crippen molar-refractivity contribution in [1.29, 1.82) is 0 Å². The smallest absolute Gasteiger partial charge is 0.136 e. The Labute approximate surface area is 101 Å². The average molecular weight is 237 g/mol. The fourth-order valence-corrected chi connectivity index (χ4v) is 3.99. The molecule has 88 valence electrons. The number of rotatable bonds is 1. The van der Waals surface area contributed by atoms with E-state index in [-0.39, 0.29) is 0 Å². The Bertz CT molecular complexity index is 368. The van der Waals surface area contributed by atoms with Gasteiger partial charge in [-0.25, -0.2) is 0 Å². The molecule has 0 saturated carbocycles. The van der Waals surface area contributed by atoms with Crippen LogP contribution in [0.25, 0.3) is 0 Å². The van der Waals surface area contributed by atoms with Crippen molar-refractivity contribution in [2.24, 2.45) is 0 Å². The van der Waals surface area contributed by atoms with Crippen LogP contribution in [-0.4, -0.2) is 26.3 Å². The van der Waals surface area contributed by atoms with Crippen LogP contribution in [0.3, 0.4) is 0 Å². The third-order valence-electron chi connectivity index (χ3n) is 3.79. The zero-order chi connectivity index (χ0) is 11.0. The summed E-state index contributed by atoms with van der Waals surface area (Å²) in [6, 6.07) is 0. The fraction of sp³-hybridized carbons (Fsp3) is 0.833. The molecule has 1 saturated heterocycles. The minimum atomic E-state index is 0.603. The van der Waals surface area contributed by atoms with Crippen molar-refractivity contribution in [3.05, 3.63) is 11.6 Å². The first kappa shape index (κ1) is 10.6. The lowest BCUT2D eigenvalue weighted by molar-refractivity contribution is 0.443. The Hall–Kier alpha value is -0.510.